The maximum atomic E-state index is 12.9. The number of benzene rings is 1. The highest BCUT2D eigenvalue weighted by Crippen LogP contribution is 2.40. The van der Waals surface area contributed by atoms with Gasteiger partial charge in [0.2, 0.25) is 0 Å². The fourth-order valence-electron chi connectivity index (χ4n) is 4.38. The van der Waals surface area contributed by atoms with Crippen LogP contribution in [0.3, 0.4) is 0 Å². The van der Waals surface area contributed by atoms with Crippen LogP contribution in [-0.2, 0) is 11.3 Å². The Morgan fingerprint density at radius 3 is 2.50 bits per heavy atom. The number of fused-ring (bicyclic) bond motifs is 2. The van der Waals surface area contributed by atoms with Gasteiger partial charge in [-0.3, -0.25) is 9.78 Å². The van der Waals surface area contributed by atoms with Gasteiger partial charge >= 0.3 is 6.09 Å². The molecular weight excluding hydrogens is 356 g/mol. The minimum Gasteiger partial charge on any atom is -0.495 e. The van der Waals surface area contributed by atoms with Gasteiger partial charge in [-0.1, -0.05) is 30.3 Å². The molecule has 0 radical (unpaired) electrons. The quantitative estimate of drug-likeness (QED) is 0.737. The molecule has 6 nitrogen and oxygen atoms in total. The first-order chi connectivity index (χ1) is 13.7. The van der Waals surface area contributed by atoms with E-state index in [-0.39, 0.29) is 36.5 Å². The zero-order valence-corrected chi connectivity index (χ0v) is 15.9. The van der Waals surface area contributed by atoms with Crippen molar-refractivity contribution in [3.8, 4) is 5.75 Å². The minimum absolute atomic E-state index is 0.0644. The molecule has 2 bridgehead atoms. The standard InChI is InChI=1S/C22H24N2O4/c1-27-20-11-17(12-23-13-20)21(25)16-9-18-7-8-19(10-16)24(18)22(26)28-14-15-5-3-2-4-6-15/h2-6,11-13,16,18-19H,7-10,14H2,1H3. The summed E-state index contributed by atoms with van der Waals surface area (Å²) in [5, 5.41) is 0. The highest BCUT2D eigenvalue weighted by atomic mass is 16.6. The highest BCUT2D eigenvalue weighted by molar-refractivity contribution is 5.98. The van der Waals surface area contributed by atoms with Crippen molar-refractivity contribution in [2.75, 3.05) is 7.11 Å². The number of amides is 1. The maximum absolute atomic E-state index is 12.9. The third kappa shape index (κ3) is 3.72. The molecule has 2 aromatic rings. The average Bonchev–Trinajstić information content (AvgIpc) is 3.01. The summed E-state index contributed by atoms with van der Waals surface area (Å²) in [6.07, 6.45) is 6.10. The molecule has 0 N–H and O–H groups in total. The van der Waals surface area contributed by atoms with E-state index in [1.807, 2.05) is 35.2 Å². The lowest BCUT2D eigenvalue weighted by molar-refractivity contribution is 0.0485. The van der Waals surface area contributed by atoms with Crippen molar-refractivity contribution in [2.24, 2.45) is 5.92 Å². The molecule has 0 spiro atoms. The van der Waals surface area contributed by atoms with E-state index in [1.54, 1.807) is 25.6 Å². The Bertz CT molecular complexity index is 841. The molecule has 6 heteroatoms. The Morgan fingerprint density at radius 2 is 1.82 bits per heavy atom. The van der Waals surface area contributed by atoms with Crippen molar-refractivity contribution >= 4 is 11.9 Å². The first kappa shape index (κ1) is 18.5. The topological polar surface area (TPSA) is 68.7 Å². The minimum atomic E-state index is -0.273. The summed E-state index contributed by atoms with van der Waals surface area (Å²) < 4.78 is 10.7. The predicted octanol–water partition coefficient (Wildman–Crippen LogP) is 3.85. The summed E-state index contributed by atoms with van der Waals surface area (Å²) in [6.45, 7) is 0.271. The molecular formula is C22H24N2O4. The second-order valence-corrected chi connectivity index (χ2v) is 7.48. The van der Waals surface area contributed by atoms with Crippen LogP contribution < -0.4 is 4.74 Å². The second-order valence-electron chi connectivity index (χ2n) is 7.48. The second kappa shape index (κ2) is 8.00. The number of aromatic nitrogens is 1. The fourth-order valence-corrected chi connectivity index (χ4v) is 4.38. The van der Waals surface area contributed by atoms with Crippen LogP contribution in [0.25, 0.3) is 0 Å². The molecule has 1 aromatic heterocycles. The van der Waals surface area contributed by atoms with Gasteiger partial charge in [-0.25, -0.2) is 4.79 Å². The molecule has 0 saturated carbocycles. The Hall–Kier alpha value is -2.89. The molecule has 2 saturated heterocycles. The summed E-state index contributed by atoms with van der Waals surface area (Å²) in [7, 11) is 1.56. The summed E-state index contributed by atoms with van der Waals surface area (Å²) >= 11 is 0. The van der Waals surface area contributed by atoms with E-state index in [0.717, 1.165) is 18.4 Å². The van der Waals surface area contributed by atoms with Gasteiger partial charge in [-0.15, -0.1) is 0 Å². The van der Waals surface area contributed by atoms with Crippen molar-refractivity contribution in [2.45, 2.75) is 44.4 Å². The summed E-state index contributed by atoms with van der Waals surface area (Å²) in [6, 6.07) is 11.5. The van der Waals surface area contributed by atoms with E-state index in [9.17, 15) is 9.59 Å². The average molecular weight is 380 g/mol. The number of carbonyl (C=O) groups excluding carboxylic acids is 2. The third-order valence-corrected chi connectivity index (χ3v) is 5.75. The van der Waals surface area contributed by atoms with E-state index >= 15 is 0 Å². The van der Waals surface area contributed by atoms with Crippen molar-refractivity contribution < 1.29 is 19.1 Å². The predicted molar refractivity (Wildman–Crippen MR) is 103 cm³/mol. The van der Waals surface area contributed by atoms with Crippen molar-refractivity contribution in [1.82, 2.24) is 9.88 Å². The molecule has 4 rings (SSSR count). The van der Waals surface area contributed by atoms with E-state index < -0.39 is 0 Å². The molecule has 2 aliphatic heterocycles. The van der Waals surface area contributed by atoms with Crippen molar-refractivity contribution in [1.29, 1.82) is 0 Å². The maximum Gasteiger partial charge on any atom is 0.410 e. The molecule has 146 valence electrons. The van der Waals surface area contributed by atoms with E-state index in [2.05, 4.69) is 4.98 Å². The van der Waals surface area contributed by atoms with Crippen LogP contribution in [0.15, 0.2) is 48.8 Å². The van der Waals surface area contributed by atoms with Crippen LogP contribution in [-0.4, -0.2) is 41.0 Å². The number of ether oxygens (including phenoxy) is 2. The lowest BCUT2D eigenvalue weighted by Crippen LogP contribution is -2.48. The van der Waals surface area contributed by atoms with Crippen LogP contribution in [0.4, 0.5) is 4.79 Å². The number of pyridine rings is 1. The number of nitrogens with zero attached hydrogens (tertiary/aromatic N) is 2. The van der Waals surface area contributed by atoms with Crippen LogP contribution in [0, 0.1) is 5.92 Å². The van der Waals surface area contributed by atoms with Crippen LogP contribution in [0.1, 0.15) is 41.6 Å². The molecule has 1 aromatic carbocycles. The smallest absolute Gasteiger partial charge is 0.410 e. The Labute approximate surface area is 164 Å². The van der Waals surface area contributed by atoms with Gasteiger partial charge in [0.05, 0.1) is 13.3 Å². The highest BCUT2D eigenvalue weighted by Gasteiger charge is 2.46. The Kier molecular flexibility index (Phi) is 5.28. The van der Waals surface area contributed by atoms with E-state index in [4.69, 9.17) is 9.47 Å². The van der Waals surface area contributed by atoms with E-state index in [1.165, 1.54) is 0 Å². The van der Waals surface area contributed by atoms with Gasteiger partial charge < -0.3 is 14.4 Å². The molecule has 0 aliphatic carbocycles. The zero-order valence-electron chi connectivity index (χ0n) is 15.9. The van der Waals surface area contributed by atoms with Crippen LogP contribution in [0.5, 0.6) is 5.75 Å². The first-order valence-electron chi connectivity index (χ1n) is 9.68. The number of ketones is 1. The summed E-state index contributed by atoms with van der Waals surface area (Å²) in [5.41, 5.74) is 1.54. The summed E-state index contributed by atoms with van der Waals surface area (Å²) in [5.74, 6) is 0.570. The monoisotopic (exact) mass is 380 g/mol. The first-order valence-corrected chi connectivity index (χ1v) is 9.68. The largest absolute Gasteiger partial charge is 0.495 e. The Balaban J connectivity index is 1.40. The molecule has 2 unspecified atom stereocenters. The van der Waals surface area contributed by atoms with Gasteiger partial charge in [0.15, 0.2) is 5.78 Å². The van der Waals surface area contributed by atoms with Gasteiger partial charge in [-0.2, -0.15) is 0 Å². The van der Waals surface area contributed by atoms with Crippen molar-refractivity contribution in [3.63, 3.8) is 0 Å². The van der Waals surface area contributed by atoms with Gasteiger partial charge in [0, 0.05) is 29.8 Å². The zero-order chi connectivity index (χ0) is 19.5. The van der Waals surface area contributed by atoms with Gasteiger partial charge in [-0.05, 0) is 37.3 Å². The van der Waals surface area contributed by atoms with Crippen LogP contribution >= 0.6 is 0 Å². The lowest BCUT2D eigenvalue weighted by atomic mass is 9.85. The number of piperidine rings is 1. The number of rotatable bonds is 5. The number of Topliss-reactive ketones (excluding diaryl/α,β-unsaturated/α-hetero) is 1. The van der Waals surface area contributed by atoms with Crippen molar-refractivity contribution in [3.05, 3.63) is 59.9 Å². The molecule has 3 heterocycles. The molecule has 28 heavy (non-hydrogen) atoms. The fraction of sp³-hybridized carbons (Fsp3) is 0.409. The number of hydrogen-bond acceptors (Lipinski definition) is 5. The SMILES string of the molecule is COc1cncc(C(=O)C2CC3CCC(C2)N3C(=O)OCc2ccccc2)c1. The normalized spacial score (nSPS) is 23.3. The van der Waals surface area contributed by atoms with Crippen LogP contribution in [0.2, 0.25) is 0 Å². The van der Waals surface area contributed by atoms with E-state index in [0.29, 0.717) is 24.2 Å². The van der Waals surface area contributed by atoms with Gasteiger partial charge in [0.25, 0.3) is 0 Å². The number of methoxy groups -OCH3 is 1. The molecule has 2 aliphatic rings. The third-order valence-electron chi connectivity index (χ3n) is 5.75. The molecule has 2 fully saturated rings. The molecule has 2 atom stereocenters. The number of hydrogen-bond donors (Lipinski definition) is 0. The summed E-state index contributed by atoms with van der Waals surface area (Å²) in [4.78, 5) is 31.5. The molecule has 1 amide bonds. The van der Waals surface area contributed by atoms with Gasteiger partial charge in [0.1, 0.15) is 12.4 Å². The Morgan fingerprint density at radius 1 is 1.11 bits per heavy atom. The number of carbonyl (C=O) groups is 2. The lowest BCUT2D eigenvalue weighted by Gasteiger charge is -2.37.